The maximum atomic E-state index is 12.3. The second kappa shape index (κ2) is 7.70. The molecule has 0 saturated heterocycles. The average Bonchev–Trinajstić information content (AvgIpc) is 3.31. The quantitative estimate of drug-likeness (QED) is 0.537. The molecule has 9 heteroatoms. The van der Waals surface area contributed by atoms with Crippen LogP contribution in [0.4, 0.5) is 5.69 Å². The number of aryl methyl sites for hydroxylation is 3. The predicted octanol–water partition coefficient (Wildman–Crippen LogP) is 2.91. The molecule has 148 valence electrons. The number of pyridine rings is 1. The van der Waals surface area contributed by atoms with Crippen LogP contribution in [-0.2, 0) is 18.3 Å². The van der Waals surface area contributed by atoms with Crippen LogP contribution >= 0.6 is 0 Å². The average molecular weight is 392 g/mol. The van der Waals surface area contributed by atoms with E-state index in [2.05, 4.69) is 25.5 Å². The van der Waals surface area contributed by atoms with Crippen LogP contribution in [0.2, 0.25) is 0 Å². The van der Waals surface area contributed by atoms with Gasteiger partial charge in [-0.2, -0.15) is 10.1 Å². The van der Waals surface area contributed by atoms with Crippen LogP contribution in [-0.4, -0.2) is 37.9 Å². The van der Waals surface area contributed by atoms with Crippen molar-refractivity contribution in [2.75, 3.05) is 12.4 Å². The lowest BCUT2D eigenvalue weighted by atomic mass is 10.2. The van der Waals surface area contributed by atoms with Crippen LogP contribution in [0.5, 0.6) is 5.75 Å². The van der Waals surface area contributed by atoms with E-state index < -0.39 is 0 Å². The maximum Gasteiger partial charge on any atom is 0.227 e. The number of amides is 1. The van der Waals surface area contributed by atoms with E-state index >= 15 is 0 Å². The van der Waals surface area contributed by atoms with Crippen molar-refractivity contribution in [3.8, 4) is 17.1 Å². The van der Waals surface area contributed by atoms with Gasteiger partial charge in [0.2, 0.25) is 17.6 Å². The van der Waals surface area contributed by atoms with Gasteiger partial charge in [-0.15, -0.1) is 0 Å². The molecule has 1 N–H and O–H groups in total. The summed E-state index contributed by atoms with van der Waals surface area (Å²) in [4.78, 5) is 21.0. The van der Waals surface area contributed by atoms with E-state index in [9.17, 15) is 4.79 Å². The van der Waals surface area contributed by atoms with Crippen molar-refractivity contribution in [2.45, 2.75) is 19.8 Å². The topological polar surface area (TPSA) is 108 Å². The zero-order chi connectivity index (χ0) is 20.4. The molecule has 0 atom stereocenters. The molecule has 0 aliphatic rings. The summed E-state index contributed by atoms with van der Waals surface area (Å²) in [7, 11) is 3.45. The molecule has 0 radical (unpaired) electrons. The van der Waals surface area contributed by atoms with Gasteiger partial charge in [0, 0.05) is 30.8 Å². The van der Waals surface area contributed by atoms with Gasteiger partial charge < -0.3 is 14.6 Å². The van der Waals surface area contributed by atoms with Crippen LogP contribution in [0.1, 0.15) is 18.0 Å². The van der Waals surface area contributed by atoms with Gasteiger partial charge in [-0.25, -0.2) is 4.98 Å². The number of carbonyl (C=O) groups is 1. The maximum absolute atomic E-state index is 12.3. The first-order valence-corrected chi connectivity index (χ1v) is 9.09. The van der Waals surface area contributed by atoms with E-state index in [4.69, 9.17) is 9.26 Å². The lowest BCUT2D eigenvalue weighted by molar-refractivity contribution is -0.116. The van der Waals surface area contributed by atoms with E-state index in [0.717, 1.165) is 28.0 Å². The van der Waals surface area contributed by atoms with Crippen LogP contribution in [0.25, 0.3) is 22.4 Å². The summed E-state index contributed by atoms with van der Waals surface area (Å²) in [6, 6.07) is 9.23. The monoisotopic (exact) mass is 392 g/mol. The van der Waals surface area contributed by atoms with E-state index in [1.165, 1.54) is 0 Å². The number of rotatable bonds is 6. The molecule has 0 bridgehead atoms. The molecule has 0 aliphatic carbocycles. The molecular weight excluding hydrogens is 372 g/mol. The minimum Gasteiger partial charge on any atom is -0.497 e. The number of hydrogen-bond acceptors (Lipinski definition) is 7. The molecule has 3 heterocycles. The molecule has 0 saturated carbocycles. The SMILES string of the molecule is COc1ccc(-c2noc(CCC(=O)Nc3cnc4c(c3)c(C)nn4C)n2)cc1. The number of ether oxygens (including phenoxy) is 1. The van der Waals surface area contributed by atoms with Gasteiger partial charge in [0.25, 0.3) is 0 Å². The Morgan fingerprint density at radius 1 is 1.28 bits per heavy atom. The van der Waals surface area contributed by atoms with Crippen molar-refractivity contribution < 1.29 is 14.1 Å². The lowest BCUT2D eigenvalue weighted by Crippen LogP contribution is -2.12. The number of methoxy groups -OCH3 is 1. The molecule has 0 fully saturated rings. The molecule has 0 unspecified atom stereocenters. The second-order valence-corrected chi connectivity index (χ2v) is 6.59. The van der Waals surface area contributed by atoms with Crippen LogP contribution in [0.15, 0.2) is 41.1 Å². The van der Waals surface area contributed by atoms with Crippen LogP contribution < -0.4 is 10.1 Å². The number of carbonyl (C=O) groups excluding carboxylic acids is 1. The van der Waals surface area contributed by atoms with Gasteiger partial charge in [0.05, 0.1) is 24.7 Å². The highest BCUT2D eigenvalue weighted by Crippen LogP contribution is 2.21. The molecule has 9 nitrogen and oxygen atoms in total. The van der Waals surface area contributed by atoms with Gasteiger partial charge in [0.1, 0.15) is 5.75 Å². The summed E-state index contributed by atoms with van der Waals surface area (Å²) >= 11 is 0. The fourth-order valence-corrected chi connectivity index (χ4v) is 3.03. The van der Waals surface area contributed by atoms with E-state index in [0.29, 0.717) is 23.8 Å². The van der Waals surface area contributed by atoms with E-state index in [1.807, 2.05) is 44.3 Å². The fourth-order valence-electron chi connectivity index (χ4n) is 3.03. The number of nitrogens with zero attached hydrogens (tertiary/aromatic N) is 5. The van der Waals surface area contributed by atoms with Crippen molar-refractivity contribution in [3.05, 3.63) is 48.1 Å². The molecule has 1 amide bonds. The Morgan fingerprint density at radius 3 is 2.83 bits per heavy atom. The van der Waals surface area contributed by atoms with Crippen molar-refractivity contribution in [2.24, 2.45) is 7.05 Å². The molecule has 4 rings (SSSR count). The Kier molecular flexibility index (Phi) is 4.94. The van der Waals surface area contributed by atoms with Gasteiger partial charge in [-0.3, -0.25) is 9.48 Å². The van der Waals surface area contributed by atoms with Crippen molar-refractivity contribution in [3.63, 3.8) is 0 Å². The third-order valence-electron chi connectivity index (χ3n) is 4.53. The minimum atomic E-state index is -0.156. The van der Waals surface area contributed by atoms with Gasteiger partial charge >= 0.3 is 0 Å². The Bertz CT molecular complexity index is 1160. The molecule has 0 aliphatic heterocycles. The smallest absolute Gasteiger partial charge is 0.227 e. The van der Waals surface area contributed by atoms with Crippen molar-refractivity contribution in [1.29, 1.82) is 0 Å². The van der Waals surface area contributed by atoms with E-state index in [-0.39, 0.29) is 12.3 Å². The third-order valence-corrected chi connectivity index (χ3v) is 4.53. The zero-order valence-electron chi connectivity index (χ0n) is 16.3. The third kappa shape index (κ3) is 3.93. The minimum absolute atomic E-state index is 0.156. The number of benzene rings is 1. The first kappa shape index (κ1) is 18.6. The summed E-state index contributed by atoms with van der Waals surface area (Å²) < 4.78 is 12.1. The Labute approximate surface area is 166 Å². The Hall–Kier alpha value is -3.75. The number of nitrogens with one attached hydrogen (secondary N) is 1. The summed E-state index contributed by atoms with van der Waals surface area (Å²) in [5.74, 6) is 1.48. The summed E-state index contributed by atoms with van der Waals surface area (Å²) in [6.07, 6.45) is 2.18. The first-order valence-electron chi connectivity index (χ1n) is 9.09. The first-order chi connectivity index (χ1) is 14.0. The summed E-state index contributed by atoms with van der Waals surface area (Å²) in [5, 5.41) is 12.1. The summed E-state index contributed by atoms with van der Waals surface area (Å²) in [5.41, 5.74) is 3.08. The number of aromatic nitrogens is 5. The van der Waals surface area contributed by atoms with E-state index in [1.54, 1.807) is 18.0 Å². The second-order valence-electron chi connectivity index (χ2n) is 6.59. The summed E-state index contributed by atoms with van der Waals surface area (Å²) in [6.45, 7) is 1.91. The normalized spacial score (nSPS) is 11.0. The van der Waals surface area contributed by atoms with Crippen molar-refractivity contribution >= 4 is 22.6 Å². The highest BCUT2D eigenvalue weighted by Gasteiger charge is 2.12. The zero-order valence-corrected chi connectivity index (χ0v) is 16.3. The number of anilines is 1. The molecule has 3 aromatic heterocycles. The standard InChI is InChI=1S/C20H20N6O3/c1-12-16-10-14(11-21-20(16)26(2)24-12)22-17(27)8-9-18-23-19(25-29-18)13-4-6-15(28-3)7-5-13/h4-7,10-11H,8-9H2,1-3H3,(H,22,27). The van der Waals surface area contributed by atoms with Gasteiger partial charge in [-0.05, 0) is 37.3 Å². The molecule has 1 aromatic carbocycles. The number of fused-ring (bicyclic) bond motifs is 1. The molecule has 4 aromatic rings. The highest BCUT2D eigenvalue weighted by molar-refractivity contribution is 5.93. The molecular formula is C20H20N6O3. The van der Waals surface area contributed by atoms with Crippen LogP contribution in [0.3, 0.4) is 0 Å². The number of hydrogen-bond donors (Lipinski definition) is 1. The van der Waals surface area contributed by atoms with Gasteiger partial charge in [0.15, 0.2) is 5.65 Å². The Morgan fingerprint density at radius 2 is 2.07 bits per heavy atom. The lowest BCUT2D eigenvalue weighted by Gasteiger charge is -2.04. The molecule has 0 spiro atoms. The largest absolute Gasteiger partial charge is 0.497 e. The highest BCUT2D eigenvalue weighted by atomic mass is 16.5. The fraction of sp³-hybridized carbons (Fsp3) is 0.250. The van der Waals surface area contributed by atoms with Crippen LogP contribution in [0, 0.1) is 6.92 Å². The Balaban J connectivity index is 1.37. The molecule has 29 heavy (non-hydrogen) atoms. The predicted molar refractivity (Wildman–Crippen MR) is 106 cm³/mol. The van der Waals surface area contributed by atoms with Gasteiger partial charge in [-0.1, -0.05) is 5.16 Å². The van der Waals surface area contributed by atoms with Crippen molar-refractivity contribution in [1.82, 2.24) is 24.9 Å².